The highest BCUT2D eigenvalue weighted by Crippen LogP contribution is 2.43. The van der Waals surface area contributed by atoms with Gasteiger partial charge in [-0.3, -0.25) is 15.0 Å². The van der Waals surface area contributed by atoms with Gasteiger partial charge in [0.15, 0.2) is 0 Å². The molecular weight excluding hydrogens is 416 g/mol. The largest absolute Gasteiger partial charge is 0.466 e. The van der Waals surface area contributed by atoms with Gasteiger partial charge < -0.3 is 15.2 Å². The van der Waals surface area contributed by atoms with Crippen LogP contribution in [-0.2, 0) is 19.1 Å². The molecule has 1 heterocycles. The Bertz CT molecular complexity index is 1200. The number of ether oxygens (including phenoxy) is 2. The lowest BCUT2D eigenvalue weighted by Gasteiger charge is -2.35. The molecule has 1 atom stereocenters. The summed E-state index contributed by atoms with van der Waals surface area (Å²) in [6.07, 6.45) is 0. The van der Waals surface area contributed by atoms with E-state index in [1.54, 1.807) is 30.3 Å². The van der Waals surface area contributed by atoms with Gasteiger partial charge in [0.1, 0.15) is 11.5 Å². The molecule has 0 aliphatic carbocycles. The van der Waals surface area contributed by atoms with Crippen LogP contribution in [0.25, 0.3) is 0 Å². The van der Waals surface area contributed by atoms with Crippen LogP contribution in [0.5, 0.6) is 0 Å². The smallest absolute Gasteiger partial charge is 0.355 e. The number of nitrogens with two attached hydrogens (primary N) is 1. The van der Waals surface area contributed by atoms with Crippen molar-refractivity contribution in [3.05, 3.63) is 92.9 Å². The second-order valence-electron chi connectivity index (χ2n) is 6.61. The molecule has 162 valence electrons. The average Bonchev–Trinajstić information content (AvgIpc) is 2.82. The Labute approximate surface area is 182 Å². The zero-order valence-electron chi connectivity index (χ0n) is 17.1. The van der Waals surface area contributed by atoms with E-state index in [1.807, 2.05) is 6.07 Å². The van der Waals surface area contributed by atoms with Gasteiger partial charge in [0.25, 0.3) is 5.69 Å². The second kappa shape index (κ2) is 9.01. The van der Waals surface area contributed by atoms with E-state index < -0.39 is 22.8 Å². The van der Waals surface area contributed by atoms with Gasteiger partial charge in [0.2, 0.25) is 0 Å². The van der Waals surface area contributed by atoms with Gasteiger partial charge in [-0.05, 0) is 11.6 Å². The Morgan fingerprint density at radius 1 is 1.09 bits per heavy atom. The fourth-order valence-corrected chi connectivity index (χ4v) is 3.53. The molecule has 2 aromatic carbocycles. The van der Waals surface area contributed by atoms with Crippen molar-refractivity contribution in [3.63, 3.8) is 0 Å². The topological polar surface area (TPSA) is 149 Å². The average molecular weight is 434 g/mol. The third-order valence-corrected chi connectivity index (χ3v) is 4.91. The van der Waals surface area contributed by atoms with Crippen LogP contribution in [0.3, 0.4) is 0 Å². The summed E-state index contributed by atoms with van der Waals surface area (Å²) in [4.78, 5) is 37.6. The quantitative estimate of drug-likeness (QED) is 0.425. The number of nitro groups is 1. The van der Waals surface area contributed by atoms with Gasteiger partial charge in [-0.25, -0.2) is 9.59 Å². The summed E-state index contributed by atoms with van der Waals surface area (Å²) in [6.45, 7) is 0. The minimum atomic E-state index is -1.02. The molecule has 1 aliphatic heterocycles. The SMILES string of the molecule is COC(=O)C1=C(C(=O)OC)N(c2cccc([N+](=O)[O-])c2)C(N)=C(C#N)C1c1ccccc1. The number of hydrogen-bond donors (Lipinski definition) is 1. The summed E-state index contributed by atoms with van der Waals surface area (Å²) >= 11 is 0. The number of nitrogens with zero attached hydrogens (tertiary/aromatic N) is 3. The summed E-state index contributed by atoms with van der Waals surface area (Å²) in [7, 11) is 2.25. The van der Waals surface area contributed by atoms with Crippen molar-refractivity contribution in [2.75, 3.05) is 19.1 Å². The van der Waals surface area contributed by atoms with Gasteiger partial charge in [0.05, 0.1) is 48.0 Å². The summed E-state index contributed by atoms with van der Waals surface area (Å²) in [6, 6.07) is 15.8. The van der Waals surface area contributed by atoms with Crippen LogP contribution in [0.15, 0.2) is 77.3 Å². The molecular formula is C22H18N4O6. The summed E-state index contributed by atoms with van der Waals surface area (Å²) < 4.78 is 9.83. The van der Waals surface area contributed by atoms with E-state index in [1.165, 1.54) is 24.3 Å². The molecule has 0 spiro atoms. The van der Waals surface area contributed by atoms with E-state index >= 15 is 0 Å². The predicted molar refractivity (Wildman–Crippen MR) is 113 cm³/mol. The number of carbonyl (C=O) groups is 2. The molecule has 0 radical (unpaired) electrons. The highest BCUT2D eigenvalue weighted by Gasteiger charge is 2.43. The van der Waals surface area contributed by atoms with E-state index in [-0.39, 0.29) is 34.0 Å². The molecule has 1 unspecified atom stereocenters. The van der Waals surface area contributed by atoms with Crippen LogP contribution in [0.4, 0.5) is 11.4 Å². The lowest BCUT2D eigenvalue weighted by Crippen LogP contribution is -2.40. The third kappa shape index (κ3) is 3.75. The molecule has 3 rings (SSSR count). The number of hydrogen-bond acceptors (Lipinski definition) is 9. The molecule has 0 aromatic heterocycles. The first-order valence-corrected chi connectivity index (χ1v) is 9.25. The van der Waals surface area contributed by atoms with E-state index in [0.717, 1.165) is 19.1 Å². The number of nitriles is 1. The van der Waals surface area contributed by atoms with Crippen molar-refractivity contribution < 1.29 is 24.0 Å². The fourth-order valence-electron chi connectivity index (χ4n) is 3.53. The molecule has 0 fully saturated rings. The number of esters is 2. The first-order chi connectivity index (χ1) is 15.3. The number of methoxy groups -OCH3 is 2. The van der Waals surface area contributed by atoms with Crippen LogP contribution in [0.2, 0.25) is 0 Å². The maximum absolute atomic E-state index is 12.9. The number of anilines is 1. The summed E-state index contributed by atoms with van der Waals surface area (Å²) in [5.74, 6) is -3.00. The van der Waals surface area contributed by atoms with Crippen LogP contribution in [-0.4, -0.2) is 31.1 Å². The first-order valence-electron chi connectivity index (χ1n) is 9.25. The normalized spacial score (nSPS) is 15.8. The number of allylic oxidation sites excluding steroid dienone is 1. The number of benzene rings is 2. The molecule has 10 nitrogen and oxygen atoms in total. The number of carbonyl (C=O) groups excluding carboxylic acids is 2. The van der Waals surface area contributed by atoms with Crippen molar-refractivity contribution in [1.82, 2.24) is 0 Å². The van der Waals surface area contributed by atoms with Gasteiger partial charge in [0, 0.05) is 12.1 Å². The zero-order chi connectivity index (χ0) is 23.4. The predicted octanol–water partition coefficient (Wildman–Crippen LogP) is 2.49. The fraction of sp³-hybridized carbons (Fsp3) is 0.136. The molecule has 32 heavy (non-hydrogen) atoms. The molecule has 0 bridgehead atoms. The lowest BCUT2D eigenvalue weighted by atomic mass is 9.81. The Kier molecular flexibility index (Phi) is 6.21. The van der Waals surface area contributed by atoms with Crippen LogP contribution >= 0.6 is 0 Å². The van der Waals surface area contributed by atoms with Crippen molar-refractivity contribution in [2.45, 2.75) is 5.92 Å². The van der Waals surface area contributed by atoms with Crippen molar-refractivity contribution >= 4 is 23.3 Å². The lowest BCUT2D eigenvalue weighted by molar-refractivity contribution is -0.384. The highest BCUT2D eigenvalue weighted by atomic mass is 16.6. The first kappa shape index (κ1) is 22.0. The molecule has 0 amide bonds. The Hall–Kier alpha value is -4.65. The minimum absolute atomic E-state index is 0.0317. The van der Waals surface area contributed by atoms with Gasteiger partial charge >= 0.3 is 11.9 Å². The molecule has 1 aliphatic rings. The Morgan fingerprint density at radius 3 is 2.31 bits per heavy atom. The van der Waals surface area contributed by atoms with Gasteiger partial charge in [-0.15, -0.1) is 0 Å². The van der Waals surface area contributed by atoms with Gasteiger partial charge in [-0.2, -0.15) is 5.26 Å². The van der Waals surface area contributed by atoms with E-state index in [0.29, 0.717) is 5.56 Å². The van der Waals surface area contributed by atoms with E-state index in [9.17, 15) is 25.0 Å². The minimum Gasteiger partial charge on any atom is -0.466 e. The standard InChI is InChI=1S/C22H18N4O6/c1-31-21(27)18-17(13-7-4-3-5-8-13)16(12-23)20(24)25(19(18)22(28)32-2)14-9-6-10-15(11-14)26(29)30/h3-11,17H,24H2,1-2H3. The zero-order valence-corrected chi connectivity index (χ0v) is 17.1. The maximum atomic E-state index is 12.9. The molecule has 2 aromatic rings. The van der Waals surface area contributed by atoms with E-state index in [2.05, 4.69) is 0 Å². The third-order valence-electron chi connectivity index (χ3n) is 4.91. The highest BCUT2D eigenvalue weighted by molar-refractivity contribution is 6.06. The van der Waals surface area contributed by atoms with Crippen molar-refractivity contribution in [1.29, 1.82) is 5.26 Å². The summed E-state index contributed by atoms with van der Waals surface area (Å²) in [5, 5.41) is 21.2. The second-order valence-corrected chi connectivity index (χ2v) is 6.61. The molecule has 2 N–H and O–H groups in total. The Morgan fingerprint density at radius 2 is 1.75 bits per heavy atom. The monoisotopic (exact) mass is 434 g/mol. The Balaban J connectivity index is 2.41. The number of rotatable bonds is 5. The number of non-ortho nitro benzene ring substituents is 1. The molecule has 0 saturated carbocycles. The molecule has 0 saturated heterocycles. The molecule has 10 heteroatoms. The van der Waals surface area contributed by atoms with Crippen molar-refractivity contribution in [3.8, 4) is 6.07 Å². The van der Waals surface area contributed by atoms with Crippen LogP contribution in [0, 0.1) is 21.4 Å². The van der Waals surface area contributed by atoms with Gasteiger partial charge in [-0.1, -0.05) is 36.4 Å². The summed E-state index contributed by atoms with van der Waals surface area (Å²) in [5.41, 5.74) is 6.16. The van der Waals surface area contributed by atoms with Crippen LogP contribution < -0.4 is 10.6 Å². The van der Waals surface area contributed by atoms with Crippen LogP contribution in [0.1, 0.15) is 11.5 Å². The maximum Gasteiger partial charge on any atom is 0.355 e. The van der Waals surface area contributed by atoms with E-state index in [4.69, 9.17) is 15.2 Å². The van der Waals surface area contributed by atoms with Crippen molar-refractivity contribution in [2.24, 2.45) is 5.73 Å². The number of nitro benzene ring substituents is 1.